The van der Waals surface area contributed by atoms with Gasteiger partial charge in [-0.1, -0.05) is 33.8 Å². The van der Waals surface area contributed by atoms with Gasteiger partial charge in [0.1, 0.15) is 11.5 Å². The molecule has 0 spiro atoms. The molecule has 20 heavy (non-hydrogen) atoms. The van der Waals surface area contributed by atoms with Crippen LogP contribution in [-0.4, -0.2) is 26.8 Å². The number of ether oxygens (including phenoxy) is 2. The van der Waals surface area contributed by atoms with E-state index < -0.39 is 0 Å². The van der Waals surface area contributed by atoms with Crippen molar-refractivity contribution in [2.75, 3.05) is 20.8 Å². The van der Waals surface area contributed by atoms with E-state index >= 15 is 0 Å². The number of nitrogens with one attached hydrogen (secondary N) is 1. The minimum absolute atomic E-state index is 0.241. The maximum atomic E-state index is 5.47. The molecule has 114 valence electrons. The monoisotopic (exact) mass is 279 g/mol. The van der Waals surface area contributed by atoms with E-state index in [-0.39, 0.29) is 5.41 Å². The Labute approximate surface area is 123 Å². The Balaban J connectivity index is 2.87. The van der Waals surface area contributed by atoms with Crippen LogP contribution in [0.3, 0.4) is 0 Å². The van der Waals surface area contributed by atoms with Crippen LogP contribution >= 0.6 is 0 Å². The smallest absolute Gasteiger partial charge is 0.125 e. The number of methoxy groups -OCH3 is 2. The first-order chi connectivity index (χ1) is 9.43. The lowest BCUT2D eigenvalue weighted by Crippen LogP contribution is -2.40. The fourth-order valence-corrected chi connectivity index (χ4v) is 2.55. The molecule has 3 nitrogen and oxygen atoms in total. The number of hydrogen-bond acceptors (Lipinski definition) is 3. The molecule has 0 saturated heterocycles. The third kappa shape index (κ3) is 4.41. The zero-order valence-electron chi connectivity index (χ0n) is 13.7. The van der Waals surface area contributed by atoms with E-state index in [4.69, 9.17) is 9.47 Å². The van der Waals surface area contributed by atoms with Gasteiger partial charge >= 0.3 is 0 Å². The Hall–Kier alpha value is -1.22. The van der Waals surface area contributed by atoms with Gasteiger partial charge in [0, 0.05) is 11.6 Å². The highest BCUT2D eigenvalue weighted by atomic mass is 16.5. The van der Waals surface area contributed by atoms with Gasteiger partial charge in [-0.25, -0.2) is 0 Å². The van der Waals surface area contributed by atoms with Crippen LogP contribution in [0.1, 0.15) is 39.7 Å². The van der Waals surface area contributed by atoms with Crippen LogP contribution in [0.15, 0.2) is 18.2 Å². The third-order valence-corrected chi connectivity index (χ3v) is 3.71. The first-order valence-electron chi connectivity index (χ1n) is 7.37. The number of benzene rings is 1. The molecule has 0 aliphatic carbocycles. The molecule has 1 aromatic rings. The summed E-state index contributed by atoms with van der Waals surface area (Å²) in [5.74, 6) is 1.82. The van der Waals surface area contributed by atoms with Crippen LogP contribution < -0.4 is 14.8 Å². The Morgan fingerprint density at radius 2 is 1.65 bits per heavy atom. The summed E-state index contributed by atoms with van der Waals surface area (Å²) in [5.41, 5.74) is 1.40. The third-order valence-electron chi connectivity index (χ3n) is 3.71. The standard InChI is InChI=1S/C17H29NO2/c1-7-18-16(17(2,3)4)12-11-13-14(19-5)9-8-10-15(13)20-6/h8-10,16,18H,7,11-12H2,1-6H3. The van der Waals surface area contributed by atoms with Gasteiger partial charge in [0.05, 0.1) is 14.2 Å². The summed E-state index contributed by atoms with van der Waals surface area (Å²) in [6.07, 6.45) is 2.01. The quantitative estimate of drug-likeness (QED) is 0.826. The minimum atomic E-state index is 0.241. The van der Waals surface area contributed by atoms with E-state index in [1.807, 2.05) is 18.2 Å². The molecule has 0 amide bonds. The van der Waals surface area contributed by atoms with Gasteiger partial charge in [0.15, 0.2) is 0 Å². The van der Waals surface area contributed by atoms with Crippen molar-refractivity contribution in [2.45, 2.75) is 46.6 Å². The average Bonchev–Trinajstić information content (AvgIpc) is 2.41. The van der Waals surface area contributed by atoms with Crippen molar-refractivity contribution >= 4 is 0 Å². The summed E-state index contributed by atoms with van der Waals surface area (Å²) < 4.78 is 10.9. The Bertz CT molecular complexity index is 388. The SMILES string of the molecule is CCNC(CCc1c(OC)cccc1OC)C(C)(C)C. The number of rotatable bonds is 7. The van der Waals surface area contributed by atoms with Crippen LogP contribution in [0.2, 0.25) is 0 Å². The molecule has 1 atom stereocenters. The van der Waals surface area contributed by atoms with Crippen molar-refractivity contribution in [1.82, 2.24) is 5.32 Å². The fraction of sp³-hybridized carbons (Fsp3) is 0.647. The largest absolute Gasteiger partial charge is 0.496 e. The zero-order chi connectivity index (χ0) is 15.2. The fourth-order valence-electron chi connectivity index (χ4n) is 2.55. The van der Waals surface area contributed by atoms with Crippen molar-refractivity contribution < 1.29 is 9.47 Å². The van der Waals surface area contributed by atoms with Gasteiger partial charge in [-0.15, -0.1) is 0 Å². The first-order valence-corrected chi connectivity index (χ1v) is 7.37. The second-order valence-electron chi connectivity index (χ2n) is 6.16. The predicted molar refractivity (Wildman–Crippen MR) is 84.8 cm³/mol. The molecule has 0 heterocycles. The molecular formula is C17H29NO2. The highest BCUT2D eigenvalue weighted by Crippen LogP contribution is 2.31. The summed E-state index contributed by atoms with van der Waals surface area (Å²) >= 11 is 0. The lowest BCUT2D eigenvalue weighted by Gasteiger charge is -2.31. The van der Waals surface area contributed by atoms with Crippen LogP contribution in [0.4, 0.5) is 0 Å². The van der Waals surface area contributed by atoms with E-state index in [2.05, 4.69) is 33.0 Å². The molecule has 0 saturated carbocycles. The van der Waals surface area contributed by atoms with Crippen molar-refractivity contribution in [3.05, 3.63) is 23.8 Å². The van der Waals surface area contributed by atoms with Gasteiger partial charge in [0.25, 0.3) is 0 Å². The van der Waals surface area contributed by atoms with Gasteiger partial charge in [-0.2, -0.15) is 0 Å². The van der Waals surface area contributed by atoms with Crippen LogP contribution in [0.25, 0.3) is 0 Å². The van der Waals surface area contributed by atoms with E-state index in [1.54, 1.807) is 14.2 Å². The van der Waals surface area contributed by atoms with E-state index in [0.29, 0.717) is 6.04 Å². The minimum Gasteiger partial charge on any atom is -0.496 e. The molecule has 0 fully saturated rings. The van der Waals surface area contributed by atoms with Gasteiger partial charge < -0.3 is 14.8 Å². The Morgan fingerprint density at radius 3 is 2.05 bits per heavy atom. The van der Waals surface area contributed by atoms with Crippen molar-refractivity contribution in [3.63, 3.8) is 0 Å². The Kier molecular flexibility index (Phi) is 6.34. The molecule has 1 unspecified atom stereocenters. The molecule has 1 rings (SSSR count). The molecule has 0 aromatic heterocycles. The lowest BCUT2D eigenvalue weighted by molar-refractivity contribution is 0.257. The summed E-state index contributed by atoms with van der Waals surface area (Å²) in [4.78, 5) is 0. The summed E-state index contributed by atoms with van der Waals surface area (Å²) in [6.45, 7) is 9.98. The topological polar surface area (TPSA) is 30.5 Å². The molecule has 0 bridgehead atoms. The highest BCUT2D eigenvalue weighted by molar-refractivity contribution is 5.44. The summed E-state index contributed by atoms with van der Waals surface area (Å²) in [6, 6.07) is 6.43. The van der Waals surface area contributed by atoms with Crippen molar-refractivity contribution in [3.8, 4) is 11.5 Å². The molecular weight excluding hydrogens is 250 g/mol. The summed E-state index contributed by atoms with van der Waals surface area (Å²) in [7, 11) is 3.42. The molecule has 0 aliphatic rings. The first kappa shape index (κ1) is 16.8. The second kappa shape index (κ2) is 7.53. The van der Waals surface area contributed by atoms with Crippen molar-refractivity contribution in [2.24, 2.45) is 5.41 Å². The van der Waals surface area contributed by atoms with E-state index in [9.17, 15) is 0 Å². The number of hydrogen-bond donors (Lipinski definition) is 1. The Morgan fingerprint density at radius 1 is 1.10 bits per heavy atom. The van der Waals surface area contributed by atoms with Crippen LogP contribution in [0.5, 0.6) is 11.5 Å². The van der Waals surface area contributed by atoms with Gasteiger partial charge in [0.2, 0.25) is 0 Å². The zero-order valence-corrected chi connectivity index (χ0v) is 13.7. The van der Waals surface area contributed by atoms with Crippen LogP contribution in [-0.2, 0) is 6.42 Å². The molecule has 1 aromatic carbocycles. The van der Waals surface area contributed by atoms with Crippen molar-refractivity contribution in [1.29, 1.82) is 0 Å². The lowest BCUT2D eigenvalue weighted by atomic mass is 9.83. The van der Waals surface area contributed by atoms with Gasteiger partial charge in [-0.3, -0.25) is 0 Å². The molecule has 0 aliphatic heterocycles. The normalized spacial score (nSPS) is 13.1. The molecule has 3 heteroatoms. The molecule has 0 radical (unpaired) electrons. The van der Waals surface area contributed by atoms with E-state index in [1.165, 1.54) is 0 Å². The maximum absolute atomic E-state index is 5.47. The average molecular weight is 279 g/mol. The second-order valence-corrected chi connectivity index (χ2v) is 6.16. The predicted octanol–water partition coefficient (Wildman–Crippen LogP) is 3.66. The van der Waals surface area contributed by atoms with Crippen LogP contribution in [0, 0.1) is 5.41 Å². The maximum Gasteiger partial charge on any atom is 0.125 e. The molecule has 1 N–H and O–H groups in total. The highest BCUT2D eigenvalue weighted by Gasteiger charge is 2.24. The summed E-state index contributed by atoms with van der Waals surface area (Å²) in [5, 5.41) is 3.59. The van der Waals surface area contributed by atoms with E-state index in [0.717, 1.165) is 36.4 Å². The van der Waals surface area contributed by atoms with Gasteiger partial charge in [-0.05, 0) is 36.9 Å².